The maximum absolute atomic E-state index is 13.9. The van der Waals surface area contributed by atoms with Crippen LogP contribution in [-0.2, 0) is 29.0 Å². The predicted octanol–water partition coefficient (Wildman–Crippen LogP) is 6.39. The van der Waals surface area contributed by atoms with Gasteiger partial charge in [0.2, 0.25) is 11.8 Å². The van der Waals surface area contributed by atoms with Crippen molar-refractivity contribution >= 4 is 27.7 Å². The van der Waals surface area contributed by atoms with E-state index in [-0.39, 0.29) is 24.3 Å². The molecule has 0 bridgehead atoms. The van der Waals surface area contributed by atoms with Crippen LogP contribution in [0, 0.1) is 6.92 Å². The van der Waals surface area contributed by atoms with Crippen molar-refractivity contribution in [1.29, 1.82) is 0 Å². The molecule has 3 aromatic rings. The van der Waals surface area contributed by atoms with Crippen LogP contribution in [0.4, 0.5) is 0 Å². The number of aryl methyl sites for hydroxylation is 1. The van der Waals surface area contributed by atoms with Gasteiger partial charge < -0.3 is 10.2 Å². The molecule has 0 spiro atoms. The number of carbonyl (C=O) groups excluding carboxylic acids is 2. The number of amides is 2. The van der Waals surface area contributed by atoms with E-state index in [9.17, 15) is 9.59 Å². The third kappa shape index (κ3) is 7.30. The van der Waals surface area contributed by atoms with Gasteiger partial charge in [-0.05, 0) is 54.2 Å². The summed E-state index contributed by atoms with van der Waals surface area (Å²) in [5.74, 6) is -0.0899. The molecule has 5 heteroatoms. The average Bonchev–Trinajstić information content (AvgIpc) is 2.89. The van der Waals surface area contributed by atoms with Gasteiger partial charge in [0.15, 0.2) is 0 Å². The van der Waals surface area contributed by atoms with Crippen LogP contribution in [-0.4, -0.2) is 28.8 Å². The largest absolute Gasteiger partial charge is 0.352 e. The second kappa shape index (κ2) is 12.9. The molecule has 1 N–H and O–H groups in total. The van der Waals surface area contributed by atoms with E-state index in [4.69, 9.17) is 0 Å². The molecule has 0 saturated heterocycles. The van der Waals surface area contributed by atoms with Crippen LogP contribution < -0.4 is 5.32 Å². The van der Waals surface area contributed by atoms with Crippen LogP contribution in [0.2, 0.25) is 0 Å². The van der Waals surface area contributed by atoms with Crippen molar-refractivity contribution in [3.8, 4) is 0 Å². The van der Waals surface area contributed by atoms with Gasteiger partial charge in [0.25, 0.3) is 0 Å². The molecule has 1 saturated carbocycles. The molecular weight excluding hydrogens is 512 g/mol. The fourth-order valence-electron chi connectivity index (χ4n) is 4.96. The predicted molar refractivity (Wildman–Crippen MR) is 149 cm³/mol. The van der Waals surface area contributed by atoms with Gasteiger partial charge in [0, 0.05) is 23.5 Å². The van der Waals surface area contributed by atoms with E-state index in [0.29, 0.717) is 13.0 Å². The number of rotatable bonds is 9. The Bertz CT molecular complexity index is 1140. The van der Waals surface area contributed by atoms with E-state index in [1.807, 2.05) is 85.8 Å². The lowest BCUT2D eigenvalue weighted by Gasteiger charge is -2.33. The van der Waals surface area contributed by atoms with Gasteiger partial charge in [-0.25, -0.2) is 0 Å². The lowest BCUT2D eigenvalue weighted by Crippen LogP contribution is -2.53. The minimum Gasteiger partial charge on any atom is -0.352 e. The van der Waals surface area contributed by atoms with Crippen molar-refractivity contribution in [3.05, 3.63) is 106 Å². The maximum Gasteiger partial charge on any atom is 0.243 e. The second-order valence-electron chi connectivity index (χ2n) is 9.80. The summed E-state index contributed by atoms with van der Waals surface area (Å²) >= 11 is 3.50. The Balaban J connectivity index is 1.65. The van der Waals surface area contributed by atoms with Crippen molar-refractivity contribution in [1.82, 2.24) is 10.2 Å². The Morgan fingerprint density at radius 1 is 0.889 bits per heavy atom. The van der Waals surface area contributed by atoms with Crippen molar-refractivity contribution < 1.29 is 9.59 Å². The third-order valence-electron chi connectivity index (χ3n) is 7.09. The molecule has 0 aromatic heterocycles. The van der Waals surface area contributed by atoms with E-state index in [2.05, 4.69) is 21.2 Å². The zero-order chi connectivity index (χ0) is 25.3. The second-order valence-corrected chi connectivity index (χ2v) is 10.7. The minimum absolute atomic E-state index is 0.0352. The van der Waals surface area contributed by atoms with Crippen LogP contribution in [0.15, 0.2) is 83.3 Å². The molecule has 1 aliphatic rings. The summed E-state index contributed by atoms with van der Waals surface area (Å²) in [6.45, 7) is 2.41. The highest BCUT2D eigenvalue weighted by Gasteiger charge is 2.32. The highest BCUT2D eigenvalue weighted by Crippen LogP contribution is 2.21. The first kappa shape index (κ1) is 26.2. The van der Waals surface area contributed by atoms with Gasteiger partial charge in [-0.15, -0.1) is 0 Å². The molecule has 0 heterocycles. The van der Waals surface area contributed by atoms with Gasteiger partial charge in [0.05, 0.1) is 6.42 Å². The molecule has 3 aromatic carbocycles. The first-order valence-corrected chi connectivity index (χ1v) is 13.7. The average molecular weight is 548 g/mol. The molecule has 1 fully saturated rings. The van der Waals surface area contributed by atoms with E-state index < -0.39 is 6.04 Å². The summed E-state index contributed by atoms with van der Waals surface area (Å²) in [6, 6.07) is 25.6. The molecule has 1 aliphatic carbocycles. The molecule has 188 valence electrons. The van der Waals surface area contributed by atoms with Crippen molar-refractivity contribution in [2.75, 3.05) is 0 Å². The van der Waals surface area contributed by atoms with Crippen LogP contribution in [0.3, 0.4) is 0 Å². The normalized spacial score (nSPS) is 14.7. The smallest absolute Gasteiger partial charge is 0.243 e. The first-order chi connectivity index (χ1) is 17.5. The van der Waals surface area contributed by atoms with E-state index in [0.717, 1.165) is 52.4 Å². The van der Waals surface area contributed by atoms with Crippen molar-refractivity contribution in [3.63, 3.8) is 0 Å². The highest BCUT2D eigenvalue weighted by molar-refractivity contribution is 9.10. The van der Waals surface area contributed by atoms with Crippen LogP contribution >= 0.6 is 15.9 Å². The molecule has 4 rings (SSSR count). The lowest BCUT2D eigenvalue weighted by molar-refractivity contribution is -0.141. The highest BCUT2D eigenvalue weighted by atomic mass is 79.9. The molecule has 2 amide bonds. The molecule has 0 aliphatic heterocycles. The number of halogens is 1. The first-order valence-electron chi connectivity index (χ1n) is 12.9. The van der Waals surface area contributed by atoms with Gasteiger partial charge in [-0.3, -0.25) is 9.59 Å². The topological polar surface area (TPSA) is 49.4 Å². The standard InChI is InChI=1S/C31H35BrN2O2/c1-23-10-8-9-13-26(23)21-30(35)34(22-25-16-18-27(32)19-17-25)29(20-24-11-4-2-5-12-24)31(36)33-28-14-6-3-7-15-28/h2,4-5,8-13,16-19,28-29H,3,6-7,14-15,20-22H2,1H3,(H,33,36). The molecule has 4 nitrogen and oxygen atoms in total. The molecule has 1 atom stereocenters. The number of carbonyl (C=O) groups is 2. The lowest BCUT2D eigenvalue weighted by atomic mass is 9.94. The summed E-state index contributed by atoms with van der Waals surface area (Å²) in [6.07, 6.45) is 6.28. The summed E-state index contributed by atoms with van der Waals surface area (Å²) in [7, 11) is 0. The van der Waals surface area contributed by atoms with Gasteiger partial charge in [-0.1, -0.05) is 102 Å². The summed E-state index contributed by atoms with van der Waals surface area (Å²) in [5, 5.41) is 3.30. The van der Waals surface area contributed by atoms with Gasteiger partial charge in [0.1, 0.15) is 6.04 Å². The summed E-state index contributed by atoms with van der Waals surface area (Å²) in [5.41, 5.74) is 4.13. The maximum atomic E-state index is 13.9. The molecule has 1 unspecified atom stereocenters. The number of benzene rings is 3. The van der Waals surface area contributed by atoms with Crippen LogP contribution in [0.25, 0.3) is 0 Å². The molecule has 36 heavy (non-hydrogen) atoms. The number of hydrogen-bond donors (Lipinski definition) is 1. The number of nitrogens with one attached hydrogen (secondary N) is 1. The van der Waals surface area contributed by atoms with E-state index in [1.54, 1.807) is 4.90 Å². The zero-order valence-corrected chi connectivity index (χ0v) is 22.5. The Morgan fingerprint density at radius 2 is 1.56 bits per heavy atom. The van der Waals surface area contributed by atoms with E-state index >= 15 is 0 Å². The zero-order valence-electron chi connectivity index (χ0n) is 21.0. The fourth-order valence-corrected chi connectivity index (χ4v) is 5.22. The SMILES string of the molecule is Cc1ccccc1CC(=O)N(Cc1ccc(Br)cc1)C(Cc1ccccc1)C(=O)NC1CCCCC1. The number of hydrogen-bond acceptors (Lipinski definition) is 2. The van der Waals surface area contributed by atoms with Gasteiger partial charge >= 0.3 is 0 Å². The van der Waals surface area contributed by atoms with E-state index in [1.165, 1.54) is 6.42 Å². The minimum atomic E-state index is -0.588. The quantitative estimate of drug-likeness (QED) is 0.338. The molecule has 0 radical (unpaired) electrons. The summed E-state index contributed by atoms with van der Waals surface area (Å²) in [4.78, 5) is 29.5. The Labute approximate surface area is 223 Å². The van der Waals surface area contributed by atoms with Crippen LogP contribution in [0.5, 0.6) is 0 Å². The Morgan fingerprint density at radius 3 is 2.25 bits per heavy atom. The Hall–Kier alpha value is -2.92. The number of nitrogens with zero attached hydrogens (tertiary/aromatic N) is 1. The van der Waals surface area contributed by atoms with Crippen molar-refractivity contribution in [2.24, 2.45) is 0 Å². The van der Waals surface area contributed by atoms with Crippen molar-refractivity contribution in [2.45, 2.75) is 70.5 Å². The van der Waals surface area contributed by atoms with Crippen LogP contribution in [0.1, 0.15) is 54.4 Å². The van der Waals surface area contributed by atoms with Gasteiger partial charge in [-0.2, -0.15) is 0 Å². The fraction of sp³-hybridized carbons (Fsp3) is 0.355. The third-order valence-corrected chi connectivity index (χ3v) is 7.62. The molecular formula is C31H35BrN2O2. The summed E-state index contributed by atoms with van der Waals surface area (Å²) < 4.78 is 0.986. The Kier molecular flexibility index (Phi) is 9.35. The monoisotopic (exact) mass is 546 g/mol.